The van der Waals surface area contributed by atoms with Crippen molar-refractivity contribution in [2.75, 3.05) is 16.8 Å². The number of amides is 2. The first-order valence-electron chi connectivity index (χ1n) is 7.42. The molecular weight excluding hydrogens is 295 g/mol. The molecule has 0 saturated heterocycles. The van der Waals surface area contributed by atoms with Gasteiger partial charge in [-0.2, -0.15) is 0 Å². The predicted octanol–water partition coefficient (Wildman–Crippen LogP) is 3.38. The van der Waals surface area contributed by atoms with Crippen LogP contribution in [-0.4, -0.2) is 18.4 Å². The van der Waals surface area contributed by atoms with E-state index in [-0.39, 0.29) is 18.4 Å². The SMILES string of the molecule is CCc1ccccc1NC(=O)CN(C(C)=O)c1ccc(F)cc1. The summed E-state index contributed by atoms with van der Waals surface area (Å²) in [6.07, 6.45) is 0.796. The number of nitrogens with one attached hydrogen (secondary N) is 1. The molecule has 2 amide bonds. The minimum Gasteiger partial charge on any atom is -0.324 e. The van der Waals surface area contributed by atoms with E-state index in [4.69, 9.17) is 0 Å². The molecule has 23 heavy (non-hydrogen) atoms. The maximum absolute atomic E-state index is 13.0. The minimum atomic E-state index is -0.390. The maximum atomic E-state index is 13.0. The number of benzene rings is 2. The first kappa shape index (κ1) is 16.7. The quantitative estimate of drug-likeness (QED) is 0.920. The lowest BCUT2D eigenvalue weighted by Crippen LogP contribution is -2.36. The van der Waals surface area contributed by atoms with Gasteiger partial charge in [-0.25, -0.2) is 4.39 Å². The Morgan fingerprint density at radius 2 is 1.74 bits per heavy atom. The zero-order valence-electron chi connectivity index (χ0n) is 13.2. The van der Waals surface area contributed by atoms with E-state index in [1.54, 1.807) is 0 Å². The van der Waals surface area contributed by atoms with E-state index in [9.17, 15) is 14.0 Å². The highest BCUT2D eigenvalue weighted by Gasteiger charge is 2.16. The summed E-state index contributed by atoms with van der Waals surface area (Å²) in [6.45, 7) is 3.25. The molecule has 0 radical (unpaired) electrons. The minimum absolute atomic E-state index is 0.126. The number of carbonyl (C=O) groups excluding carboxylic acids is 2. The lowest BCUT2D eigenvalue weighted by Gasteiger charge is -2.21. The first-order chi connectivity index (χ1) is 11.0. The molecule has 1 N–H and O–H groups in total. The summed E-state index contributed by atoms with van der Waals surface area (Å²) in [5.41, 5.74) is 2.25. The highest BCUT2D eigenvalue weighted by atomic mass is 19.1. The monoisotopic (exact) mass is 314 g/mol. The molecule has 5 heteroatoms. The van der Waals surface area contributed by atoms with Gasteiger partial charge in [0.05, 0.1) is 0 Å². The smallest absolute Gasteiger partial charge is 0.244 e. The van der Waals surface area contributed by atoms with Crippen LogP contribution in [0.3, 0.4) is 0 Å². The normalized spacial score (nSPS) is 10.2. The number of rotatable bonds is 5. The molecule has 0 fully saturated rings. The van der Waals surface area contributed by atoms with Crippen molar-refractivity contribution >= 4 is 23.2 Å². The predicted molar refractivity (Wildman–Crippen MR) is 88.9 cm³/mol. The van der Waals surface area contributed by atoms with Crippen LogP contribution in [0.25, 0.3) is 0 Å². The van der Waals surface area contributed by atoms with Crippen LogP contribution in [-0.2, 0) is 16.0 Å². The molecule has 0 saturated carbocycles. The number of para-hydroxylation sites is 1. The summed E-state index contributed by atoms with van der Waals surface area (Å²) in [4.78, 5) is 25.4. The fraction of sp³-hybridized carbons (Fsp3) is 0.222. The van der Waals surface area contributed by atoms with Gasteiger partial charge in [0.2, 0.25) is 11.8 Å². The molecule has 0 bridgehead atoms. The second-order valence-corrected chi connectivity index (χ2v) is 5.14. The van der Waals surface area contributed by atoms with Gasteiger partial charge in [-0.05, 0) is 42.3 Å². The van der Waals surface area contributed by atoms with Gasteiger partial charge in [-0.1, -0.05) is 25.1 Å². The van der Waals surface area contributed by atoms with E-state index < -0.39 is 5.82 Å². The summed E-state index contributed by atoms with van der Waals surface area (Å²) in [6, 6.07) is 13.0. The Labute approximate surface area is 134 Å². The Balaban J connectivity index is 2.12. The summed E-state index contributed by atoms with van der Waals surface area (Å²) in [7, 11) is 0. The van der Waals surface area contributed by atoms with E-state index in [1.807, 2.05) is 31.2 Å². The number of hydrogen-bond acceptors (Lipinski definition) is 2. The van der Waals surface area contributed by atoms with Crippen LogP contribution in [0.5, 0.6) is 0 Å². The van der Waals surface area contributed by atoms with Crippen molar-refractivity contribution < 1.29 is 14.0 Å². The molecule has 2 rings (SSSR count). The Morgan fingerprint density at radius 3 is 2.35 bits per heavy atom. The van der Waals surface area contributed by atoms with Crippen molar-refractivity contribution in [2.45, 2.75) is 20.3 Å². The van der Waals surface area contributed by atoms with Gasteiger partial charge in [0, 0.05) is 18.3 Å². The van der Waals surface area contributed by atoms with Gasteiger partial charge in [0.1, 0.15) is 12.4 Å². The van der Waals surface area contributed by atoms with Crippen molar-refractivity contribution in [3.05, 3.63) is 59.9 Å². The molecule has 120 valence electrons. The Morgan fingerprint density at radius 1 is 1.09 bits per heavy atom. The van der Waals surface area contributed by atoms with Gasteiger partial charge in [-0.3, -0.25) is 9.59 Å². The van der Waals surface area contributed by atoms with Gasteiger partial charge in [0.25, 0.3) is 0 Å². The molecule has 4 nitrogen and oxygen atoms in total. The van der Waals surface area contributed by atoms with Crippen molar-refractivity contribution in [2.24, 2.45) is 0 Å². The third-order valence-corrected chi connectivity index (χ3v) is 3.49. The van der Waals surface area contributed by atoms with Gasteiger partial charge in [0.15, 0.2) is 0 Å². The standard InChI is InChI=1S/C18H19FN2O2/c1-3-14-6-4-5-7-17(14)20-18(23)12-21(13(2)22)16-10-8-15(19)9-11-16/h4-11H,3,12H2,1-2H3,(H,20,23). The van der Waals surface area contributed by atoms with Crippen molar-refractivity contribution in [1.82, 2.24) is 0 Å². The molecule has 0 aliphatic rings. The van der Waals surface area contributed by atoms with Crippen LogP contribution >= 0.6 is 0 Å². The molecular formula is C18H19FN2O2. The second kappa shape index (κ2) is 7.54. The lowest BCUT2D eigenvalue weighted by atomic mass is 10.1. The number of halogens is 1. The topological polar surface area (TPSA) is 49.4 Å². The molecule has 0 spiro atoms. The average molecular weight is 314 g/mol. The van der Waals surface area contributed by atoms with Crippen LogP contribution in [0.1, 0.15) is 19.4 Å². The second-order valence-electron chi connectivity index (χ2n) is 5.14. The number of hydrogen-bond donors (Lipinski definition) is 1. The molecule has 2 aromatic carbocycles. The van der Waals surface area contributed by atoms with Crippen LogP contribution in [0.2, 0.25) is 0 Å². The molecule has 0 heterocycles. The molecule has 0 aliphatic carbocycles. The largest absolute Gasteiger partial charge is 0.324 e. The number of aryl methyl sites for hydroxylation is 1. The van der Waals surface area contributed by atoms with E-state index in [1.165, 1.54) is 36.1 Å². The van der Waals surface area contributed by atoms with Gasteiger partial charge < -0.3 is 10.2 Å². The Bertz CT molecular complexity index is 698. The third kappa shape index (κ3) is 4.39. The van der Waals surface area contributed by atoms with E-state index in [2.05, 4.69) is 5.32 Å². The fourth-order valence-electron chi connectivity index (χ4n) is 2.29. The molecule has 0 atom stereocenters. The molecule has 0 unspecified atom stereocenters. The highest BCUT2D eigenvalue weighted by molar-refractivity contribution is 6.02. The van der Waals surface area contributed by atoms with E-state index in [0.29, 0.717) is 5.69 Å². The first-order valence-corrected chi connectivity index (χ1v) is 7.42. The lowest BCUT2D eigenvalue weighted by molar-refractivity contribution is -0.120. The number of carbonyl (C=O) groups is 2. The number of anilines is 2. The third-order valence-electron chi connectivity index (χ3n) is 3.49. The zero-order chi connectivity index (χ0) is 16.8. The summed E-state index contributed by atoms with van der Waals surface area (Å²) in [5, 5.41) is 2.82. The van der Waals surface area contributed by atoms with E-state index >= 15 is 0 Å². The molecule has 0 aliphatic heterocycles. The van der Waals surface area contributed by atoms with E-state index in [0.717, 1.165) is 17.7 Å². The molecule has 2 aromatic rings. The van der Waals surface area contributed by atoms with Crippen molar-refractivity contribution in [3.8, 4) is 0 Å². The fourth-order valence-corrected chi connectivity index (χ4v) is 2.29. The summed E-state index contributed by atoms with van der Waals surface area (Å²) < 4.78 is 13.0. The summed E-state index contributed by atoms with van der Waals surface area (Å²) >= 11 is 0. The van der Waals surface area contributed by atoms with Crippen LogP contribution in [0, 0.1) is 5.82 Å². The maximum Gasteiger partial charge on any atom is 0.244 e. The number of nitrogens with zero attached hydrogens (tertiary/aromatic N) is 1. The van der Waals surface area contributed by atoms with Crippen LogP contribution in [0.4, 0.5) is 15.8 Å². The van der Waals surface area contributed by atoms with Crippen molar-refractivity contribution in [3.63, 3.8) is 0 Å². The van der Waals surface area contributed by atoms with Gasteiger partial charge >= 0.3 is 0 Å². The van der Waals surface area contributed by atoms with Crippen LogP contribution < -0.4 is 10.2 Å². The Kier molecular flexibility index (Phi) is 5.46. The molecule has 0 aromatic heterocycles. The highest BCUT2D eigenvalue weighted by Crippen LogP contribution is 2.17. The average Bonchev–Trinajstić information content (AvgIpc) is 2.54. The zero-order valence-corrected chi connectivity index (χ0v) is 13.2. The van der Waals surface area contributed by atoms with Gasteiger partial charge in [-0.15, -0.1) is 0 Å². The summed E-state index contributed by atoms with van der Waals surface area (Å²) in [5.74, 6) is -0.973. The van der Waals surface area contributed by atoms with Crippen LogP contribution in [0.15, 0.2) is 48.5 Å². The Hall–Kier alpha value is -2.69. The van der Waals surface area contributed by atoms with Crippen molar-refractivity contribution in [1.29, 1.82) is 0 Å².